The predicted molar refractivity (Wildman–Crippen MR) is 72.6 cm³/mol. The summed E-state index contributed by atoms with van der Waals surface area (Å²) >= 11 is 0. The van der Waals surface area contributed by atoms with E-state index in [1.807, 2.05) is 0 Å². The molecule has 0 N–H and O–H groups in total. The second kappa shape index (κ2) is 6.04. The van der Waals surface area contributed by atoms with E-state index in [1.165, 1.54) is 23.3 Å². The van der Waals surface area contributed by atoms with E-state index in [0.717, 1.165) is 31.9 Å². The van der Waals surface area contributed by atoms with Crippen LogP contribution >= 0.6 is 0 Å². The van der Waals surface area contributed by atoms with Crippen LogP contribution in [0, 0.1) is 0 Å². The zero-order valence-electron chi connectivity index (χ0n) is 11.9. The first-order chi connectivity index (χ1) is 10.5. The third-order valence-electron chi connectivity index (χ3n) is 3.85. The van der Waals surface area contributed by atoms with E-state index >= 15 is 0 Å². The van der Waals surface area contributed by atoms with E-state index in [-0.39, 0.29) is 6.17 Å². The molecule has 3 rings (SSSR count). The third kappa shape index (κ3) is 3.27. The number of alkyl halides is 3. The van der Waals surface area contributed by atoms with E-state index < -0.39 is 11.7 Å². The molecule has 2 aromatic rings. The van der Waals surface area contributed by atoms with Crippen molar-refractivity contribution in [3.05, 3.63) is 41.7 Å². The Bertz CT molecular complexity index is 611. The van der Waals surface area contributed by atoms with E-state index in [2.05, 4.69) is 20.3 Å². The second-order valence-electron chi connectivity index (χ2n) is 5.40. The van der Waals surface area contributed by atoms with Gasteiger partial charge >= 0.3 is 6.18 Å². The van der Waals surface area contributed by atoms with Crippen LogP contribution in [0.3, 0.4) is 0 Å². The molecule has 0 radical (unpaired) electrons. The van der Waals surface area contributed by atoms with Crippen molar-refractivity contribution >= 4 is 0 Å². The first-order valence-corrected chi connectivity index (χ1v) is 7.17. The smallest absolute Gasteiger partial charge is 0.276 e. The maximum Gasteiger partial charge on any atom is 0.416 e. The summed E-state index contributed by atoms with van der Waals surface area (Å²) in [5.41, 5.74) is 0.0271. The van der Waals surface area contributed by atoms with Gasteiger partial charge in [0.05, 0.1) is 5.56 Å². The summed E-state index contributed by atoms with van der Waals surface area (Å²) in [6.07, 6.45) is -0.0575. The maximum absolute atomic E-state index is 12.8. The van der Waals surface area contributed by atoms with Crippen LogP contribution in [-0.4, -0.2) is 31.7 Å². The van der Waals surface area contributed by atoms with Crippen LogP contribution in [-0.2, 0) is 12.7 Å². The Morgan fingerprint density at radius 3 is 2.82 bits per heavy atom. The van der Waals surface area contributed by atoms with E-state index in [0.29, 0.717) is 12.1 Å². The molecule has 1 aliphatic rings. The summed E-state index contributed by atoms with van der Waals surface area (Å²) in [6.45, 7) is 1.25. The molecular weight excluding hydrogens is 295 g/mol. The number of rotatable bonds is 3. The zero-order chi connectivity index (χ0) is 15.6. The molecule has 118 valence electrons. The number of tetrazole rings is 1. The molecule has 0 bridgehead atoms. The topological polar surface area (TPSA) is 46.8 Å². The Hall–Kier alpha value is -1.96. The van der Waals surface area contributed by atoms with E-state index in [1.54, 1.807) is 6.07 Å². The Morgan fingerprint density at radius 1 is 1.23 bits per heavy atom. The maximum atomic E-state index is 12.8. The van der Waals surface area contributed by atoms with Crippen LogP contribution in [0.15, 0.2) is 30.6 Å². The Kier molecular flexibility index (Phi) is 4.10. The highest BCUT2D eigenvalue weighted by Gasteiger charge is 2.31. The molecule has 0 unspecified atom stereocenters. The van der Waals surface area contributed by atoms with Gasteiger partial charge in [-0.2, -0.15) is 13.2 Å². The summed E-state index contributed by atoms with van der Waals surface area (Å²) in [5.74, 6) is 0. The quantitative estimate of drug-likeness (QED) is 0.874. The molecule has 0 spiro atoms. The fourth-order valence-corrected chi connectivity index (χ4v) is 2.81. The first-order valence-electron chi connectivity index (χ1n) is 7.17. The van der Waals surface area contributed by atoms with Crippen molar-refractivity contribution in [3.8, 4) is 0 Å². The summed E-state index contributed by atoms with van der Waals surface area (Å²) in [4.78, 5) is 3.63. The van der Waals surface area contributed by atoms with Crippen molar-refractivity contribution in [3.63, 3.8) is 0 Å². The average molecular weight is 311 g/mol. The van der Waals surface area contributed by atoms with Crippen molar-refractivity contribution in [1.82, 2.24) is 25.1 Å². The lowest BCUT2D eigenvalue weighted by Crippen LogP contribution is -2.37. The molecule has 2 heterocycles. The summed E-state index contributed by atoms with van der Waals surface area (Å²) in [7, 11) is 0. The third-order valence-corrected chi connectivity index (χ3v) is 3.85. The standard InChI is InChI=1S/C14H16F3N5/c15-14(16,17)12-5-3-4-11(8-12)9-21-7-2-1-6-13(21)22-19-10-18-20-22/h3-5,8,10,13H,1-2,6-7,9H2/t13-/m0/s1. The number of piperidine rings is 1. The van der Waals surface area contributed by atoms with Crippen molar-refractivity contribution < 1.29 is 13.2 Å². The lowest BCUT2D eigenvalue weighted by atomic mass is 10.1. The molecule has 1 aliphatic heterocycles. The molecule has 0 saturated carbocycles. The van der Waals surface area contributed by atoms with Crippen LogP contribution in [0.25, 0.3) is 0 Å². The van der Waals surface area contributed by atoms with Gasteiger partial charge < -0.3 is 0 Å². The molecule has 0 amide bonds. The molecule has 1 aromatic carbocycles. The minimum Gasteiger partial charge on any atom is -0.276 e. The van der Waals surface area contributed by atoms with Crippen molar-refractivity contribution in [2.45, 2.75) is 38.1 Å². The summed E-state index contributed by atoms with van der Waals surface area (Å²) in [5, 5.41) is 11.7. The minimum atomic E-state index is -4.31. The van der Waals surface area contributed by atoms with Gasteiger partial charge in [0.1, 0.15) is 6.17 Å². The van der Waals surface area contributed by atoms with Crippen LogP contribution in [0.4, 0.5) is 13.2 Å². The van der Waals surface area contributed by atoms with Crippen LogP contribution in [0.5, 0.6) is 0 Å². The number of hydrogen-bond donors (Lipinski definition) is 0. The second-order valence-corrected chi connectivity index (χ2v) is 5.40. The highest BCUT2D eigenvalue weighted by Crippen LogP contribution is 2.31. The van der Waals surface area contributed by atoms with Crippen molar-refractivity contribution in [2.75, 3.05) is 6.54 Å². The molecule has 1 fully saturated rings. The lowest BCUT2D eigenvalue weighted by molar-refractivity contribution is -0.137. The van der Waals surface area contributed by atoms with Gasteiger partial charge in [0.15, 0.2) is 6.33 Å². The summed E-state index contributed by atoms with van der Waals surface area (Å²) in [6, 6.07) is 5.47. The highest BCUT2D eigenvalue weighted by atomic mass is 19.4. The SMILES string of the molecule is FC(F)(F)c1cccc(CN2CCCC[C@@H]2n2ncnn2)c1. The van der Waals surface area contributed by atoms with Crippen LogP contribution in [0.1, 0.15) is 36.6 Å². The van der Waals surface area contributed by atoms with Crippen LogP contribution in [0.2, 0.25) is 0 Å². The lowest BCUT2D eigenvalue weighted by Gasteiger charge is -2.34. The molecule has 8 heteroatoms. The van der Waals surface area contributed by atoms with E-state index in [4.69, 9.17) is 0 Å². The molecule has 1 atom stereocenters. The molecular formula is C14H16F3N5. The number of benzene rings is 1. The van der Waals surface area contributed by atoms with Crippen molar-refractivity contribution in [2.24, 2.45) is 0 Å². The first kappa shape index (κ1) is 15.0. The summed E-state index contributed by atoms with van der Waals surface area (Å²) < 4.78 is 38.4. The van der Waals surface area contributed by atoms with E-state index in [9.17, 15) is 13.2 Å². The predicted octanol–water partition coefficient (Wildman–Crippen LogP) is 2.88. The monoisotopic (exact) mass is 311 g/mol. The number of hydrogen-bond acceptors (Lipinski definition) is 4. The minimum absolute atomic E-state index is 0.0502. The fourth-order valence-electron chi connectivity index (χ4n) is 2.81. The molecule has 5 nitrogen and oxygen atoms in total. The van der Waals surface area contributed by atoms with Gasteiger partial charge in [-0.05, 0) is 36.1 Å². The number of aromatic nitrogens is 4. The Balaban J connectivity index is 1.79. The number of nitrogens with zero attached hydrogens (tertiary/aromatic N) is 5. The average Bonchev–Trinajstić information content (AvgIpc) is 3.01. The Labute approximate surface area is 125 Å². The number of halogens is 3. The van der Waals surface area contributed by atoms with Crippen molar-refractivity contribution in [1.29, 1.82) is 0 Å². The molecule has 1 aromatic heterocycles. The number of likely N-dealkylation sites (tertiary alicyclic amines) is 1. The molecule has 1 saturated heterocycles. The van der Waals surface area contributed by atoms with Gasteiger partial charge in [0.25, 0.3) is 0 Å². The van der Waals surface area contributed by atoms with Gasteiger partial charge in [-0.15, -0.1) is 15.0 Å². The van der Waals surface area contributed by atoms with Gasteiger partial charge in [0, 0.05) is 13.1 Å². The van der Waals surface area contributed by atoms with Gasteiger partial charge in [-0.1, -0.05) is 18.2 Å². The normalized spacial score (nSPS) is 20.2. The zero-order valence-corrected chi connectivity index (χ0v) is 11.9. The van der Waals surface area contributed by atoms with Gasteiger partial charge in [-0.25, -0.2) is 0 Å². The largest absolute Gasteiger partial charge is 0.416 e. The van der Waals surface area contributed by atoms with Gasteiger partial charge in [-0.3, -0.25) is 4.90 Å². The van der Waals surface area contributed by atoms with Gasteiger partial charge in [0.2, 0.25) is 0 Å². The molecule has 0 aliphatic carbocycles. The Morgan fingerprint density at radius 2 is 2.09 bits per heavy atom. The van der Waals surface area contributed by atoms with Crippen LogP contribution < -0.4 is 0 Å². The fraction of sp³-hybridized carbons (Fsp3) is 0.500. The molecule has 22 heavy (non-hydrogen) atoms. The highest BCUT2D eigenvalue weighted by molar-refractivity contribution is 5.25.